The normalized spacial score (nSPS) is 19.5. The summed E-state index contributed by atoms with van der Waals surface area (Å²) in [7, 11) is 3.03. The van der Waals surface area contributed by atoms with Crippen LogP contribution in [-0.2, 0) is 14.3 Å². The summed E-state index contributed by atoms with van der Waals surface area (Å²) >= 11 is 0. The van der Waals surface area contributed by atoms with E-state index in [1.165, 1.54) is 24.0 Å². The van der Waals surface area contributed by atoms with Gasteiger partial charge in [0.25, 0.3) is 5.91 Å². The van der Waals surface area contributed by atoms with Gasteiger partial charge in [-0.25, -0.2) is 0 Å². The van der Waals surface area contributed by atoms with E-state index in [1.807, 2.05) is 20.8 Å². The van der Waals surface area contributed by atoms with Crippen LogP contribution in [0.15, 0.2) is 42.0 Å². The minimum absolute atomic E-state index is 0.0218. The highest BCUT2D eigenvalue weighted by Crippen LogP contribution is 2.45. The van der Waals surface area contributed by atoms with Gasteiger partial charge in [0.05, 0.1) is 46.1 Å². The number of quaternary nitrogens is 1. The number of hydrogen-bond donors (Lipinski definition) is 1. The number of para-hydroxylation sites is 1. The minimum Gasteiger partial charge on any atom is -0.872 e. The van der Waals surface area contributed by atoms with Crippen molar-refractivity contribution in [3.63, 3.8) is 0 Å². The van der Waals surface area contributed by atoms with Crippen LogP contribution in [0.25, 0.3) is 5.76 Å². The Morgan fingerprint density at radius 2 is 1.85 bits per heavy atom. The van der Waals surface area contributed by atoms with Gasteiger partial charge in [0.15, 0.2) is 11.5 Å². The molecule has 2 aliphatic rings. The van der Waals surface area contributed by atoms with E-state index >= 15 is 0 Å². The standard InChI is InChI=1S/C30H38N2O7/c1-19(2)39-23-11-10-21(18-20(23)3)27(33)25-26(22-8-6-9-24(36-4)29(22)37-5)32(30(35)28(25)34)13-7-12-31-14-16-38-17-15-31/h6,8-11,18-19,26,33H,7,12-17H2,1-5H3. The summed E-state index contributed by atoms with van der Waals surface area (Å²) in [5.74, 6) is -0.436. The zero-order valence-corrected chi connectivity index (χ0v) is 23.4. The average molecular weight is 539 g/mol. The molecule has 2 saturated heterocycles. The molecule has 0 spiro atoms. The van der Waals surface area contributed by atoms with Crippen LogP contribution in [0.1, 0.15) is 43.0 Å². The Bertz CT molecular complexity index is 1230. The molecule has 2 aromatic carbocycles. The highest BCUT2D eigenvalue weighted by molar-refractivity contribution is 6.46. The third kappa shape index (κ3) is 6.04. The number of hydrogen-bond acceptors (Lipinski definition) is 7. The van der Waals surface area contributed by atoms with Crippen molar-refractivity contribution in [1.82, 2.24) is 4.90 Å². The smallest absolute Gasteiger partial charge is 0.295 e. The second-order valence-electron chi connectivity index (χ2n) is 10.2. The summed E-state index contributed by atoms with van der Waals surface area (Å²) < 4.78 is 22.4. The first-order valence-corrected chi connectivity index (χ1v) is 13.4. The van der Waals surface area contributed by atoms with E-state index < -0.39 is 23.5 Å². The fraction of sp³-hybridized carbons (Fsp3) is 0.467. The maximum Gasteiger partial charge on any atom is 0.295 e. The number of carbonyl (C=O) groups is 2. The molecule has 1 N–H and O–H groups in total. The Balaban J connectivity index is 1.76. The molecule has 210 valence electrons. The molecule has 1 amide bonds. The highest BCUT2D eigenvalue weighted by atomic mass is 16.5. The largest absolute Gasteiger partial charge is 0.872 e. The van der Waals surface area contributed by atoms with Crippen LogP contribution < -0.4 is 24.2 Å². The molecular formula is C30H38N2O7. The Hall–Kier alpha value is -3.56. The summed E-state index contributed by atoms with van der Waals surface area (Å²) in [6, 6.07) is 9.46. The fourth-order valence-electron chi connectivity index (χ4n) is 5.29. The van der Waals surface area contributed by atoms with Gasteiger partial charge in [0, 0.05) is 24.1 Å². The summed E-state index contributed by atoms with van der Waals surface area (Å²) in [5.41, 5.74) is 1.55. The van der Waals surface area contributed by atoms with E-state index in [0.717, 1.165) is 25.2 Å². The molecule has 2 aliphatic heterocycles. The van der Waals surface area contributed by atoms with Crippen molar-refractivity contribution < 1.29 is 38.5 Å². The van der Waals surface area contributed by atoms with E-state index in [2.05, 4.69) is 0 Å². The van der Waals surface area contributed by atoms with E-state index in [0.29, 0.717) is 54.6 Å². The van der Waals surface area contributed by atoms with Crippen LogP contribution in [0, 0.1) is 6.92 Å². The first-order chi connectivity index (χ1) is 18.8. The number of aryl methyl sites for hydroxylation is 1. The van der Waals surface area contributed by atoms with Gasteiger partial charge >= 0.3 is 0 Å². The zero-order chi connectivity index (χ0) is 28.1. The van der Waals surface area contributed by atoms with Crippen molar-refractivity contribution in [2.24, 2.45) is 0 Å². The van der Waals surface area contributed by atoms with Gasteiger partial charge in [-0.05, 0) is 50.1 Å². The second kappa shape index (κ2) is 12.5. The third-order valence-corrected chi connectivity index (χ3v) is 7.19. The summed E-state index contributed by atoms with van der Waals surface area (Å²) in [6.07, 6.45) is 0.658. The van der Waals surface area contributed by atoms with Gasteiger partial charge < -0.3 is 33.9 Å². The quantitative estimate of drug-likeness (QED) is 0.277. The number of likely N-dealkylation sites (tertiary alicyclic amines) is 1. The SMILES string of the molecule is COc1cccc(C2C(=C([O-])c3ccc(OC(C)C)c(C)c3)C(=O)C(=O)N2CCC[NH+]2CCOCC2)c1OC. The fourth-order valence-corrected chi connectivity index (χ4v) is 5.29. The predicted molar refractivity (Wildman–Crippen MR) is 144 cm³/mol. The Morgan fingerprint density at radius 1 is 1.10 bits per heavy atom. The molecule has 0 aromatic heterocycles. The number of ether oxygens (including phenoxy) is 4. The predicted octanol–water partition coefficient (Wildman–Crippen LogP) is 1.33. The number of nitrogens with one attached hydrogen (secondary N) is 1. The number of carbonyl (C=O) groups excluding carboxylic acids is 2. The molecule has 0 saturated carbocycles. The number of morpholine rings is 1. The summed E-state index contributed by atoms with van der Waals surface area (Å²) in [5, 5.41) is 13.9. The monoisotopic (exact) mass is 538 g/mol. The number of ketones is 1. The second-order valence-corrected chi connectivity index (χ2v) is 10.2. The average Bonchev–Trinajstić information content (AvgIpc) is 3.18. The third-order valence-electron chi connectivity index (χ3n) is 7.19. The van der Waals surface area contributed by atoms with Crippen LogP contribution in [-0.4, -0.2) is 76.3 Å². The van der Waals surface area contributed by atoms with Gasteiger partial charge in [0.1, 0.15) is 18.8 Å². The van der Waals surface area contributed by atoms with Crippen LogP contribution in [0.5, 0.6) is 17.2 Å². The molecule has 0 aliphatic carbocycles. The van der Waals surface area contributed by atoms with Gasteiger partial charge in [-0.1, -0.05) is 24.0 Å². The Morgan fingerprint density at radius 3 is 2.49 bits per heavy atom. The van der Waals surface area contributed by atoms with E-state index in [4.69, 9.17) is 18.9 Å². The molecule has 39 heavy (non-hydrogen) atoms. The molecule has 1 atom stereocenters. The minimum atomic E-state index is -0.894. The van der Waals surface area contributed by atoms with Crippen LogP contribution in [0.2, 0.25) is 0 Å². The Kier molecular flexibility index (Phi) is 9.14. The van der Waals surface area contributed by atoms with E-state index in [1.54, 1.807) is 36.4 Å². The molecule has 0 bridgehead atoms. The van der Waals surface area contributed by atoms with Gasteiger partial charge in [-0.3, -0.25) is 9.59 Å². The lowest BCUT2D eigenvalue weighted by molar-refractivity contribution is -0.908. The molecule has 2 aromatic rings. The number of Topliss-reactive ketones (excluding diaryl/α,β-unsaturated/α-hetero) is 1. The van der Waals surface area contributed by atoms with E-state index in [9.17, 15) is 14.7 Å². The van der Waals surface area contributed by atoms with Gasteiger partial charge in [0.2, 0.25) is 5.78 Å². The lowest BCUT2D eigenvalue weighted by atomic mass is 9.93. The number of amides is 1. The number of nitrogens with zero attached hydrogens (tertiary/aromatic N) is 1. The topological polar surface area (TPSA) is 102 Å². The maximum absolute atomic E-state index is 13.9. The summed E-state index contributed by atoms with van der Waals surface area (Å²) in [4.78, 5) is 29.8. The molecular weight excluding hydrogens is 500 g/mol. The molecule has 9 heteroatoms. The highest BCUT2D eigenvalue weighted by Gasteiger charge is 2.45. The van der Waals surface area contributed by atoms with Crippen molar-refractivity contribution in [3.8, 4) is 17.2 Å². The lowest BCUT2D eigenvalue weighted by Crippen LogP contribution is -3.14. The Labute approximate surface area is 229 Å². The number of methoxy groups -OCH3 is 2. The van der Waals surface area contributed by atoms with Crippen molar-refractivity contribution >= 4 is 17.4 Å². The van der Waals surface area contributed by atoms with Crippen molar-refractivity contribution in [1.29, 1.82) is 0 Å². The molecule has 2 fully saturated rings. The van der Waals surface area contributed by atoms with Crippen LogP contribution in [0.3, 0.4) is 0 Å². The molecule has 2 heterocycles. The van der Waals surface area contributed by atoms with Crippen molar-refractivity contribution in [2.75, 3.05) is 53.6 Å². The van der Waals surface area contributed by atoms with Gasteiger partial charge in [-0.2, -0.15) is 0 Å². The zero-order valence-electron chi connectivity index (χ0n) is 23.4. The lowest BCUT2D eigenvalue weighted by Gasteiger charge is -2.30. The number of rotatable bonds is 10. The number of benzene rings is 2. The molecule has 9 nitrogen and oxygen atoms in total. The molecule has 1 unspecified atom stereocenters. The van der Waals surface area contributed by atoms with Gasteiger partial charge in [-0.15, -0.1) is 0 Å². The maximum atomic E-state index is 13.9. The first kappa shape index (κ1) is 28.4. The first-order valence-electron chi connectivity index (χ1n) is 13.4. The van der Waals surface area contributed by atoms with Crippen molar-refractivity contribution in [2.45, 2.75) is 39.3 Å². The van der Waals surface area contributed by atoms with Crippen LogP contribution in [0.4, 0.5) is 0 Å². The van der Waals surface area contributed by atoms with E-state index in [-0.39, 0.29) is 11.7 Å². The molecule has 4 rings (SSSR count). The molecule has 0 radical (unpaired) electrons. The summed E-state index contributed by atoms with van der Waals surface area (Å²) in [6.45, 7) is 10.1. The van der Waals surface area contributed by atoms with Crippen molar-refractivity contribution in [3.05, 3.63) is 58.7 Å². The van der Waals surface area contributed by atoms with Crippen LogP contribution >= 0.6 is 0 Å².